The molecule has 0 unspecified atom stereocenters. The lowest BCUT2D eigenvalue weighted by molar-refractivity contribution is 0.303. The standard InChI is InChI=1S/C11H14Br2O4/c1-14-8-6(5-12)7(13)9(15-2)11(17-4)10(8)16-3/h5H2,1-4H3. The number of alkyl halides is 1. The predicted octanol–water partition coefficient (Wildman–Crippen LogP) is 3.38. The summed E-state index contributed by atoms with van der Waals surface area (Å²) < 4.78 is 22.1. The fourth-order valence-electron chi connectivity index (χ4n) is 1.57. The molecule has 6 heteroatoms. The summed E-state index contributed by atoms with van der Waals surface area (Å²) in [5, 5.41) is 0.605. The molecular weight excluding hydrogens is 356 g/mol. The van der Waals surface area contributed by atoms with E-state index in [4.69, 9.17) is 18.9 Å². The molecule has 0 aromatic heterocycles. The molecule has 0 aliphatic heterocycles. The third kappa shape index (κ3) is 2.47. The zero-order valence-corrected chi connectivity index (χ0v) is 13.3. The summed E-state index contributed by atoms with van der Waals surface area (Å²) in [5.74, 6) is 2.22. The molecule has 0 fully saturated rings. The van der Waals surface area contributed by atoms with Gasteiger partial charge in [-0.1, -0.05) is 15.9 Å². The van der Waals surface area contributed by atoms with Crippen molar-refractivity contribution in [3.8, 4) is 23.0 Å². The van der Waals surface area contributed by atoms with Crippen molar-refractivity contribution in [3.63, 3.8) is 0 Å². The lowest BCUT2D eigenvalue weighted by Gasteiger charge is -2.19. The highest BCUT2D eigenvalue weighted by Crippen LogP contribution is 2.52. The van der Waals surface area contributed by atoms with E-state index in [0.29, 0.717) is 28.3 Å². The molecule has 1 aromatic rings. The molecular formula is C11H14Br2O4. The van der Waals surface area contributed by atoms with Crippen molar-refractivity contribution in [2.24, 2.45) is 0 Å². The Balaban J connectivity index is 3.66. The van der Waals surface area contributed by atoms with Gasteiger partial charge in [0.05, 0.1) is 32.9 Å². The fourth-order valence-corrected chi connectivity index (χ4v) is 3.14. The van der Waals surface area contributed by atoms with Crippen LogP contribution in [0, 0.1) is 0 Å². The molecule has 1 aromatic carbocycles. The van der Waals surface area contributed by atoms with Crippen LogP contribution in [0.15, 0.2) is 4.47 Å². The molecule has 0 saturated heterocycles. The summed E-state index contributed by atoms with van der Waals surface area (Å²) >= 11 is 6.89. The maximum absolute atomic E-state index is 5.36. The van der Waals surface area contributed by atoms with Crippen LogP contribution in [0.5, 0.6) is 23.0 Å². The Morgan fingerprint density at radius 2 is 1.18 bits per heavy atom. The van der Waals surface area contributed by atoms with Crippen molar-refractivity contribution in [1.82, 2.24) is 0 Å². The van der Waals surface area contributed by atoms with E-state index in [-0.39, 0.29) is 0 Å². The van der Waals surface area contributed by atoms with Gasteiger partial charge in [-0.25, -0.2) is 0 Å². The first-order valence-electron chi connectivity index (χ1n) is 4.76. The number of hydrogen-bond acceptors (Lipinski definition) is 4. The van der Waals surface area contributed by atoms with E-state index in [9.17, 15) is 0 Å². The zero-order chi connectivity index (χ0) is 13.0. The topological polar surface area (TPSA) is 36.9 Å². The Morgan fingerprint density at radius 3 is 1.53 bits per heavy atom. The van der Waals surface area contributed by atoms with Gasteiger partial charge in [-0.3, -0.25) is 0 Å². The van der Waals surface area contributed by atoms with Gasteiger partial charge < -0.3 is 18.9 Å². The third-order valence-electron chi connectivity index (χ3n) is 2.31. The van der Waals surface area contributed by atoms with Crippen molar-refractivity contribution in [1.29, 1.82) is 0 Å². The maximum atomic E-state index is 5.36. The minimum Gasteiger partial charge on any atom is -0.492 e. The Bertz CT molecular complexity index is 374. The van der Waals surface area contributed by atoms with Crippen LogP contribution in [0.3, 0.4) is 0 Å². The van der Waals surface area contributed by atoms with Crippen LogP contribution < -0.4 is 18.9 Å². The van der Waals surface area contributed by atoms with E-state index in [0.717, 1.165) is 10.0 Å². The highest BCUT2D eigenvalue weighted by Gasteiger charge is 2.25. The number of ether oxygens (including phenoxy) is 4. The van der Waals surface area contributed by atoms with E-state index in [1.165, 1.54) is 0 Å². The zero-order valence-electron chi connectivity index (χ0n) is 10.1. The molecule has 0 atom stereocenters. The fraction of sp³-hybridized carbons (Fsp3) is 0.455. The highest BCUT2D eigenvalue weighted by molar-refractivity contribution is 9.11. The smallest absolute Gasteiger partial charge is 0.208 e. The Hall–Kier alpha value is -0.620. The molecule has 0 heterocycles. The SMILES string of the molecule is COc1c(Br)c(CBr)c(OC)c(OC)c1OC. The van der Waals surface area contributed by atoms with E-state index >= 15 is 0 Å². The van der Waals surface area contributed by atoms with Gasteiger partial charge in [-0.15, -0.1) is 0 Å². The molecule has 0 aliphatic carbocycles. The van der Waals surface area contributed by atoms with Crippen LogP contribution in [-0.4, -0.2) is 28.4 Å². The molecule has 17 heavy (non-hydrogen) atoms. The second-order valence-electron chi connectivity index (χ2n) is 3.06. The maximum Gasteiger partial charge on any atom is 0.208 e. The molecule has 0 saturated carbocycles. The minimum absolute atomic E-state index is 0.503. The number of methoxy groups -OCH3 is 4. The first kappa shape index (κ1) is 14.4. The molecule has 4 nitrogen and oxygen atoms in total. The van der Waals surface area contributed by atoms with Crippen LogP contribution in [0.4, 0.5) is 0 Å². The second kappa shape index (κ2) is 6.35. The summed E-state index contributed by atoms with van der Waals surface area (Å²) in [6.07, 6.45) is 0. The van der Waals surface area contributed by atoms with Crippen molar-refractivity contribution in [2.75, 3.05) is 28.4 Å². The highest BCUT2D eigenvalue weighted by atomic mass is 79.9. The van der Waals surface area contributed by atoms with Gasteiger partial charge in [0, 0.05) is 10.9 Å². The summed E-state index contributed by atoms with van der Waals surface area (Å²) in [5.41, 5.74) is 0.905. The first-order chi connectivity index (χ1) is 8.15. The number of benzene rings is 1. The number of hydrogen-bond donors (Lipinski definition) is 0. The van der Waals surface area contributed by atoms with Crippen LogP contribution in [0.1, 0.15) is 5.56 Å². The molecule has 1 rings (SSSR count). The van der Waals surface area contributed by atoms with Gasteiger partial charge in [0.2, 0.25) is 11.5 Å². The van der Waals surface area contributed by atoms with Crippen LogP contribution in [0.25, 0.3) is 0 Å². The molecule has 0 bridgehead atoms. The van der Waals surface area contributed by atoms with Crippen molar-refractivity contribution < 1.29 is 18.9 Å². The average Bonchev–Trinajstić information content (AvgIpc) is 2.36. The molecule has 0 aliphatic rings. The van der Waals surface area contributed by atoms with Crippen molar-refractivity contribution >= 4 is 31.9 Å². The Morgan fingerprint density at radius 1 is 0.765 bits per heavy atom. The van der Waals surface area contributed by atoms with Gasteiger partial charge in [0.1, 0.15) is 0 Å². The first-order valence-corrected chi connectivity index (χ1v) is 6.67. The Kier molecular flexibility index (Phi) is 5.39. The van der Waals surface area contributed by atoms with E-state index in [2.05, 4.69) is 31.9 Å². The Labute approximate surface area is 117 Å². The minimum atomic E-state index is 0.503. The summed E-state index contributed by atoms with van der Waals surface area (Å²) in [4.78, 5) is 0. The van der Waals surface area contributed by atoms with E-state index < -0.39 is 0 Å². The van der Waals surface area contributed by atoms with Crippen molar-refractivity contribution in [3.05, 3.63) is 10.0 Å². The molecule has 0 amide bonds. The normalized spacial score (nSPS) is 10.0. The van der Waals surface area contributed by atoms with Gasteiger partial charge >= 0.3 is 0 Å². The molecule has 96 valence electrons. The van der Waals surface area contributed by atoms with Gasteiger partial charge in [-0.05, 0) is 15.9 Å². The molecule has 0 N–H and O–H groups in total. The van der Waals surface area contributed by atoms with Gasteiger partial charge in [-0.2, -0.15) is 0 Å². The lowest BCUT2D eigenvalue weighted by atomic mass is 10.1. The summed E-state index contributed by atoms with van der Waals surface area (Å²) in [6.45, 7) is 0. The average molecular weight is 370 g/mol. The quantitative estimate of drug-likeness (QED) is 0.745. The lowest BCUT2D eigenvalue weighted by Crippen LogP contribution is -2.02. The third-order valence-corrected chi connectivity index (χ3v) is 3.71. The van der Waals surface area contributed by atoms with Crippen LogP contribution in [-0.2, 0) is 5.33 Å². The van der Waals surface area contributed by atoms with Crippen molar-refractivity contribution in [2.45, 2.75) is 5.33 Å². The largest absolute Gasteiger partial charge is 0.492 e. The number of rotatable bonds is 5. The van der Waals surface area contributed by atoms with Crippen LogP contribution in [0.2, 0.25) is 0 Å². The van der Waals surface area contributed by atoms with Crippen LogP contribution >= 0.6 is 31.9 Å². The number of halogens is 2. The summed E-state index contributed by atoms with van der Waals surface area (Å²) in [6, 6.07) is 0. The van der Waals surface area contributed by atoms with Gasteiger partial charge in [0.25, 0.3) is 0 Å². The molecule has 0 spiro atoms. The van der Waals surface area contributed by atoms with E-state index in [1.54, 1.807) is 28.4 Å². The predicted molar refractivity (Wildman–Crippen MR) is 73.0 cm³/mol. The second-order valence-corrected chi connectivity index (χ2v) is 4.41. The monoisotopic (exact) mass is 368 g/mol. The van der Waals surface area contributed by atoms with E-state index in [1.807, 2.05) is 0 Å². The molecule has 0 radical (unpaired) electrons. The summed E-state index contributed by atoms with van der Waals surface area (Å²) in [7, 11) is 6.28. The van der Waals surface area contributed by atoms with Gasteiger partial charge in [0.15, 0.2) is 11.5 Å².